The minimum Gasteiger partial charge on any atom is -0.504 e. The minimum atomic E-state index is -0.654. The van der Waals surface area contributed by atoms with E-state index < -0.39 is 23.2 Å². The summed E-state index contributed by atoms with van der Waals surface area (Å²) in [4.78, 5) is 31.7. The van der Waals surface area contributed by atoms with Gasteiger partial charge in [0.05, 0.1) is 25.9 Å². The van der Waals surface area contributed by atoms with Crippen LogP contribution in [0.4, 0.5) is 15.9 Å². The summed E-state index contributed by atoms with van der Waals surface area (Å²) >= 11 is 0. The van der Waals surface area contributed by atoms with E-state index in [0.717, 1.165) is 18.4 Å². The lowest BCUT2D eigenvalue weighted by atomic mass is 9.99. The van der Waals surface area contributed by atoms with Gasteiger partial charge in [-0.25, -0.2) is 9.37 Å². The second-order valence-corrected chi connectivity index (χ2v) is 13.5. The topological polar surface area (TPSA) is 159 Å². The second kappa shape index (κ2) is 16.0. The number of nitrogens with one attached hydrogen (secondary N) is 2. The molecule has 0 spiro atoms. The monoisotopic (exact) mass is 723 g/mol. The summed E-state index contributed by atoms with van der Waals surface area (Å²) in [6.07, 6.45) is 12.1. The number of aromatic nitrogens is 2. The van der Waals surface area contributed by atoms with Gasteiger partial charge in [-0.05, 0) is 73.2 Å². The third-order valence-corrected chi connectivity index (χ3v) is 9.58. The predicted molar refractivity (Wildman–Crippen MR) is 198 cm³/mol. The van der Waals surface area contributed by atoms with Gasteiger partial charge in [0.15, 0.2) is 16.9 Å². The fourth-order valence-electron chi connectivity index (χ4n) is 6.63. The van der Waals surface area contributed by atoms with Crippen LogP contribution in [0.1, 0.15) is 41.7 Å². The van der Waals surface area contributed by atoms with Crippen LogP contribution in [0.25, 0.3) is 22.3 Å². The maximum Gasteiger partial charge on any atom is 0.261 e. The number of hydrogen-bond acceptors (Lipinski definition) is 10. The van der Waals surface area contributed by atoms with Crippen LogP contribution in [0.3, 0.4) is 0 Å². The molecule has 0 radical (unpaired) electrons. The van der Waals surface area contributed by atoms with Crippen LogP contribution in [0.15, 0.2) is 89.8 Å². The Bertz CT molecular complexity index is 2100. The van der Waals surface area contributed by atoms with Crippen molar-refractivity contribution >= 4 is 17.4 Å². The van der Waals surface area contributed by atoms with E-state index in [0.29, 0.717) is 67.8 Å². The molecule has 1 amide bonds. The molecule has 5 heterocycles. The van der Waals surface area contributed by atoms with Crippen LogP contribution in [0, 0.1) is 11.7 Å². The van der Waals surface area contributed by atoms with Crippen LogP contribution in [-0.4, -0.2) is 66.3 Å². The number of hydrogen-bond donors (Lipinski definition) is 4. The molecule has 0 bridgehead atoms. The normalized spacial score (nSPS) is 18.9. The Morgan fingerprint density at radius 2 is 1.92 bits per heavy atom. The van der Waals surface area contributed by atoms with Crippen molar-refractivity contribution in [1.29, 1.82) is 0 Å². The first-order valence-electron chi connectivity index (χ1n) is 17.7. The predicted octanol–water partition coefficient (Wildman–Crippen LogP) is 5.58. The van der Waals surface area contributed by atoms with Gasteiger partial charge in [0.2, 0.25) is 0 Å². The van der Waals surface area contributed by atoms with Gasteiger partial charge in [-0.15, -0.1) is 0 Å². The number of phenols is 1. The Labute approximate surface area is 306 Å². The average molecular weight is 724 g/mol. The highest BCUT2D eigenvalue weighted by atomic mass is 19.1. The number of rotatable bonds is 10. The molecule has 3 aliphatic rings. The molecular weight excluding hydrogens is 681 g/mol. The minimum absolute atomic E-state index is 0.0438. The molecule has 1 unspecified atom stereocenters. The fourth-order valence-corrected chi connectivity index (χ4v) is 6.63. The van der Waals surface area contributed by atoms with Crippen LogP contribution < -0.4 is 26.5 Å². The maximum atomic E-state index is 15.8. The zero-order valence-electron chi connectivity index (χ0n) is 29.3. The number of carbonyl (C=O) groups is 1. The third kappa shape index (κ3) is 8.43. The van der Waals surface area contributed by atoms with Gasteiger partial charge in [0, 0.05) is 72.5 Å². The number of allylic oxidation sites excluding steroid dienone is 2. The molecule has 2 aromatic heterocycles. The number of nitrogens with zero attached hydrogens (tertiary/aromatic N) is 2. The molecule has 276 valence electrons. The van der Waals surface area contributed by atoms with E-state index in [1.54, 1.807) is 36.7 Å². The van der Waals surface area contributed by atoms with Gasteiger partial charge >= 0.3 is 0 Å². The molecule has 4 aromatic rings. The summed E-state index contributed by atoms with van der Waals surface area (Å²) < 4.78 is 39.9. The third-order valence-electron chi connectivity index (χ3n) is 9.58. The number of nitrogens with two attached hydrogens (primary N) is 1. The molecule has 13 heteroatoms. The highest BCUT2D eigenvalue weighted by molar-refractivity contribution is 6.04. The van der Waals surface area contributed by atoms with E-state index >= 15 is 4.39 Å². The largest absolute Gasteiger partial charge is 0.504 e. The molecule has 2 aromatic carbocycles. The molecule has 5 N–H and O–H groups in total. The van der Waals surface area contributed by atoms with Crippen molar-refractivity contribution in [3.8, 4) is 33.8 Å². The molecule has 2 atom stereocenters. The number of pyridine rings is 2. The van der Waals surface area contributed by atoms with Crippen molar-refractivity contribution < 1.29 is 33.2 Å². The first-order chi connectivity index (χ1) is 25.7. The van der Waals surface area contributed by atoms with Gasteiger partial charge < -0.3 is 45.0 Å². The zero-order valence-corrected chi connectivity index (χ0v) is 29.3. The van der Waals surface area contributed by atoms with Crippen molar-refractivity contribution in [1.82, 2.24) is 14.9 Å². The summed E-state index contributed by atoms with van der Waals surface area (Å²) in [6, 6.07) is 10.4. The zero-order chi connectivity index (χ0) is 36.9. The summed E-state index contributed by atoms with van der Waals surface area (Å²) in [5.74, 6) is -0.654. The number of aromatic hydroxyl groups is 1. The van der Waals surface area contributed by atoms with Crippen LogP contribution in [-0.2, 0) is 20.8 Å². The van der Waals surface area contributed by atoms with Crippen molar-refractivity contribution in [2.24, 2.45) is 5.92 Å². The highest BCUT2D eigenvalue weighted by Gasteiger charge is 2.23. The van der Waals surface area contributed by atoms with Crippen molar-refractivity contribution in [3.63, 3.8) is 0 Å². The number of halogens is 1. The van der Waals surface area contributed by atoms with Crippen LogP contribution in [0.5, 0.6) is 11.5 Å². The molecule has 2 fully saturated rings. The lowest BCUT2D eigenvalue weighted by Gasteiger charge is -2.25. The van der Waals surface area contributed by atoms with E-state index in [-0.39, 0.29) is 46.8 Å². The number of carbonyl (C=O) groups excluding carboxylic acids is 1. The molecule has 2 saturated heterocycles. The van der Waals surface area contributed by atoms with E-state index in [4.69, 9.17) is 24.7 Å². The van der Waals surface area contributed by atoms with Crippen molar-refractivity contribution in [2.45, 2.75) is 38.5 Å². The molecule has 7 rings (SSSR count). The molecule has 3 aliphatic heterocycles. The van der Waals surface area contributed by atoms with E-state index in [1.807, 2.05) is 29.8 Å². The van der Waals surface area contributed by atoms with Gasteiger partial charge in [-0.1, -0.05) is 18.2 Å². The number of nitrogen functional groups attached to an aromatic ring is 1. The summed E-state index contributed by atoms with van der Waals surface area (Å²) in [5, 5.41) is 16.6. The van der Waals surface area contributed by atoms with E-state index in [9.17, 15) is 14.7 Å². The highest BCUT2D eigenvalue weighted by Crippen LogP contribution is 2.36. The molecule has 0 aliphatic carbocycles. The number of anilines is 2. The molecule has 0 saturated carbocycles. The Balaban J connectivity index is 1.10. The van der Waals surface area contributed by atoms with Gasteiger partial charge in [-0.2, -0.15) is 0 Å². The maximum absolute atomic E-state index is 15.8. The molecule has 53 heavy (non-hydrogen) atoms. The Morgan fingerprint density at radius 3 is 2.66 bits per heavy atom. The van der Waals surface area contributed by atoms with Crippen molar-refractivity contribution in [3.05, 3.63) is 112 Å². The first kappa shape index (κ1) is 35.9. The van der Waals surface area contributed by atoms with Gasteiger partial charge in [0.25, 0.3) is 5.91 Å². The van der Waals surface area contributed by atoms with Gasteiger partial charge in [-0.3, -0.25) is 9.59 Å². The van der Waals surface area contributed by atoms with Crippen LogP contribution in [0.2, 0.25) is 0 Å². The Hall–Kier alpha value is -5.50. The fraction of sp³-hybridized carbons (Fsp3) is 0.325. The quantitative estimate of drug-likeness (QED) is 0.163. The van der Waals surface area contributed by atoms with Gasteiger partial charge in [0.1, 0.15) is 29.9 Å². The summed E-state index contributed by atoms with van der Waals surface area (Å²) in [6.45, 7) is 5.61. The SMILES string of the molecule is CC1=CNC(c2cn(CC3CCOCC3)cc(C(=O)Nc3ccc(-c4cc(-c5ccc(OC[C@H]6COCCO6)c(O)c5)cnc4N)c(F)c3)c2=O)C=C1. The molecule has 12 nitrogen and oxygen atoms in total. The number of ether oxygens (including phenoxy) is 4. The standard InChI is InChI=1S/C40H42FN5O7/c1-24-2-6-35(43-17-24)32-20-46(19-25-8-10-50-11-9-25)21-33(38(32)48)40(49)45-28-4-5-30(34(41)16-28)31-14-27(18-44-39(31)42)26-3-7-37(36(47)15-26)53-23-29-22-51-12-13-52-29/h2-7,14-18,20-21,25,29,35,43,47H,8-13,19,22-23H2,1H3,(H2,42,44)(H,45,49)/t29-,35?/m1/s1. The molecular formula is C40H42FN5O7. The Kier molecular flexibility index (Phi) is 10.9. The lowest BCUT2D eigenvalue weighted by molar-refractivity contribution is -0.101. The van der Waals surface area contributed by atoms with E-state index in [1.165, 1.54) is 24.4 Å². The average Bonchev–Trinajstić information content (AvgIpc) is 3.16. The van der Waals surface area contributed by atoms with Crippen molar-refractivity contribution in [2.75, 3.05) is 50.7 Å². The number of dihydropyridines is 1. The number of amides is 1. The first-order valence-corrected chi connectivity index (χ1v) is 17.7. The summed E-state index contributed by atoms with van der Waals surface area (Å²) in [5.41, 5.74) is 9.06. The van der Waals surface area contributed by atoms with E-state index in [2.05, 4.69) is 15.6 Å². The lowest BCUT2D eigenvalue weighted by Crippen LogP contribution is -2.33. The van der Waals surface area contributed by atoms with Crippen LogP contribution >= 0.6 is 0 Å². The number of phenolic OH excluding ortho intramolecular Hbond substituents is 1. The smallest absolute Gasteiger partial charge is 0.261 e. The second-order valence-electron chi connectivity index (χ2n) is 13.5. The Morgan fingerprint density at radius 1 is 1.08 bits per heavy atom. The summed E-state index contributed by atoms with van der Waals surface area (Å²) in [7, 11) is 0. The number of benzene rings is 2.